The minimum absolute atomic E-state index is 0.338. The summed E-state index contributed by atoms with van der Waals surface area (Å²) in [6.07, 6.45) is 17.4. The van der Waals surface area contributed by atoms with Gasteiger partial charge in [0.25, 0.3) is 0 Å². The molecule has 0 radical (unpaired) electrons. The Morgan fingerprint density at radius 1 is 0.806 bits per heavy atom. The van der Waals surface area contributed by atoms with Crippen LogP contribution in [-0.2, 0) is 4.79 Å². The smallest absolute Gasteiger partial charge is 0.222 e. The number of unbranched alkanes of at least 4 members (excludes halogenated alkanes) is 6. The molecule has 1 aromatic carbocycles. The van der Waals surface area contributed by atoms with Crippen molar-refractivity contribution in [1.82, 2.24) is 9.88 Å². The highest BCUT2D eigenvalue weighted by Gasteiger charge is 2.20. The SMILES string of the molecule is CCCCCCCCCC(=O)N1CCN(c2ccc(C=Cc3ccncc3)cc2)CC1. The van der Waals surface area contributed by atoms with E-state index in [0.29, 0.717) is 12.3 Å². The van der Waals surface area contributed by atoms with Gasteiger partial charge >= 0.3 is 0 Å². The topological polar surface area (TPSA) is 36.4 Å². The minimum atomic E-state index is 0.338. The van der Waals surface area contributed by atoms with Gasteiger partial charge in [-0.2, -0.15) is 0 Å². The third kappa shape index (κ3) is 7.86. The van der Waals surface area contributed by atoms with Crippen LogP contribution in [0.1, 0.15) is 69.4 Å². The molecule has 1 amide bonds. The highest BCUT2D eigenvalue weighted by molar-refractivity contribution is 5.76. The number of benzene rings is 1. The molecule has 0 N–H and O–H groups in total. The molecule has 2 heterocycles. The lowest BCUT2D eigenvalue weighted by atomic mass is 10.1. The van der Waals surface area contributed by atoms with Crippen molar-refractivity contribution in [3.8, 4) is 0 Å². The first-order valence-corrected chi connectivity index (χ1v) is 12.0. The van der Waals surface area contributed by atoms with Crippen LogP contribution in [0, 0.1) is 0 Å². The van der Waals surface area contributed by atoms with Crippen LogP contribution in [0.3, 0.4) is 0 Å². The predicted octanol–water partition coefficient (Wildman–Crippen LogP) is 6.04. The van der Waals surface area contributed by atoms with E-state index >= 15 is 0 Å². The van der Waals surface area contributed by atoms with Gasteiger partial charge in [-0.1, -0.05) is 69.7 Å². The summed E-state index contributed by atoms with van der Waals surface area (Å²) in [7, 11) is 0. The Labute approximate surface area is 188 Å². The van der Waals surface area contributed by atoms with Gasteiger partial charge in [-0.3, -0.25) is 9.78 Å². The summed E-state index contributed by atoms with van der Waals surface area (Å²) in [5.41, 5.74) is 3.57. The fraction of sp³-hybridized carbons (Fsp3) is 0.481. The van der Waals surface area contributed by atoms with Crippen molar-refractivity contribution >= 4 is 23.7 Å². The van der Waals surface area contributed by atoms with Crippen LogP contribution in [0.4, 0.5) is 5.69 Å². The first-order valence-electron chi connectivity index (χ1n) is 12.0. The zero-order valence-corrected chi connectivity index (χ0v) is 19.0. The Bertz CT molecular complexity index is 793. The van der Waals surface area contributed by atoms with Crippen LogP contribution >= 0.6 is 0 Å². The van der Waals surface area contributed by atoms with Crippen molar-refractivity contribution < 1.29 is 4.79 Å². The normalized spacial score (nSPS) is 14.4. The first-order chi connectivity index (χ1) is 15.3. The van der Waals surface area contributed by atoms with Gasteiger partial charge in [0.2, 0.25) is 5.91 Å². The molecule has 31 heavy (non-hydrogen) atoms. The summed E-state index contributed by atoms with van der Waals surface area (Å²) in [6.45, 7) is 5.73. The second-order valence-corrected chi connectivity index (χ2v) is 8.44. The van der Waals surface area contributed by atoms with Crippen LogP contribution in [0.2, 0.25) is 0 Å². The number of aromatic nitrogens is 1. The second-order valence-electron chi connectivity index (χ2n) is 8.44. The van der Waals surface area contributed by atoms with E-state index in [9.17, 15) is 4.79 Å². The van der Waals surface area contributed by atoms with Gasteiger partial charge in [0.1, 0.15) is 0 Å². The Kier molecular flexibility index (Phi) is 9.62. The van der Waals surface area contributed by atoms with E-state index in [1.54, 1.807) is 0 Å². The van der Waals surface area contributed by atoms with Crippen LogP contribution in [-0.4, -0.2) is 42.0 Å². The standard InChI is InChI=1S/C27H37N3O/c1-2-3-4-5-6-7-8-9-27(31)30-22-20-29(21-23-30)26-14-12-24(13-15-26)10-11-25-16-18-28-19-17-25/h10-19H,2-9,20-23H2,1H3. The van der Waals surface area contributed by atoms with Crippen LogP contribution in [0.5, 0.6) is 0 Å². The quantitative estimate of drug-likeness (QED) is 0.417. The number of carbonyl (C=O) groups excluding carboxylic acids is 1. The molecule has 0 unspecified atom stereocenters. The van der Waals surface area contributed by atoms with Crippen molar-refractivity contribution in [2.24, 2.45) is 0 Å². The molecular formula is C27H37N3O. The van der Waals surface area contributed by atoms with Gasteiger partial charge in [-0.05, 0) is 41.8 Å². The molecular weight excluding hydrogens is 382 g/mol. The summed E-state index contributed by atoms with van der Waals surface area (Å²) in [5, 5.41) is 0. The van der Waals surface area contributed by atoms with Gasteiger partial charge in [-0.25, -0.2) is 0 Å². The van der Waals surface area contributed by atoms with E-state index in [0.717, 1.165) is 38.2 Å². The third-order valence-corrected chi connectivity index (χ3v) is 6.06. The van der Waals surface area contributed by atoms with Crippen molar-refractivity contribution in [2.75, 3.05) is 31.1 Å². The largest absolute Gasteiger partial charge is 0.368 e. The molecule has 0 bridgehead atoms. The van der Waals surface area contributed by atoms with Crippen LogP contribution in [0.15, 0.2) is 48.8 Å². The molecule has 0 spiro atoms. The molecule has 4 nitrogen and oxygen atoms in total. The fourth-order valence-corrected chi connectivity index (χ4v) is 4.07. The summed E-state index contributed by atoms with van der Waals surface area (Å²) in [4.78, 5) is 21.0. The lowest BCUT2D eigenvalue weighted by molar-refractivity contribution is -0.131. The van der Waals surface area contributed by atoms with Gasteiger partial charge in [-0.15, -0.1) is 0 Å². The van der Waals surface area contributed by atoms with Crippen LogP contribution in [0.25, 0.3) is 12.2 Å². The van der Waals surface area contributed by atoms with Crippen molar-refractivity contribution in [3.05, 3.63) is 59.9 Å². The Morgan fingerprint density at radius 3 is 2.03 bits per heavy atom. The molecule has 1 aromatic heterocycles. The molecule has 0 saturated carbocycles. The maximum absolute atomic E-state index is 12.5. The van der Waals surface area contributed by atoms with Crippen molar-refractivity contribution in [2.45, 2.75) is 58.3 Å². The number of amides is 1. The number of rotatable bonds is 11. The molecule has 0 aliphatic carbocycles. The molecule has 3 rings (SSSR count). The van der Waals surface area contributed by atoms with Crippen molar-refractivity contribution in [3.63, 3.8) is 0 Å². The average molecular weight is 420 g/mol. The lowest BCUT2D eigenvalue weighted by Crippen LogP contribution is -2.48. The summed E-state index contributed by atoms with van der Waals surface area (Å²) < 4.78 is 0. The van der Waals surface area contributed by atoms with Crippen LogP contribution < -0.4 is 4.90 Å². The zero-order chi connectivity index (χ0) is 21.7. The number of nitrogens with zero attached hydrogens (tertiary/aromatic N) is 3. The van der Waals surface area contributed by atoms with E-state index in [1.807, 2.05) is 24.5 Å². The number of hydrogen-bond donors (Lipinski definition) is 0. The Balaban J connectivity index is 1.37. The van der Waals surface area contributed by atoms with Gasteiger partial charge in [0.15, 0.2) is 0 Å². The van der Waals surface area contributed by atoms with E-state index in [-0.39, 0.29) is 0 Å². The maximum Gasteiger partial charge on any atom is 0.222 e. The van der Waals surface area contributed by atoms with Gasteiger partial charge in [0.05, 0.1) is 0 Å². The molecule has 2 aromatic rings. The average Bonchev–Trinajstić information content (AvgIpc) is 2.83. The first kappa shape index (κ1) is 23.1. The molecule has 1 fully saturated rings. The fourth-order valence-electron chi connectivity index (χ4n) is 4.07. The predicted molar refractivity (Wildman–Crippen MR) is 131 cm³/mol. The number of piperazine rings is 1. The lowest BCUT2D eigenvalue weighted by Gasteiger charge is -2.36. The van der Waals surface area contributed by atoms with E-state index < -0.39 is 0 Å². The minimum Gasteiger partial charge on any atom is -0.368 e. The maximum atomic E-state index is 12.5. The summed E-state index contributed by atoms with van der Waals surface area (Å²) in [5.74, 6) is 0.338. The number of pyridine rings is 1. The zero-order valence-electron chi connectivity index (χ0n) is 19.0. The molecule has 166 valence electrons. The van der Waals surface area contributed by atoms with E-state index in [2.05, 4.69) is 58.1 Å². The van der Waals surface area contributed by atoms with Crippen molar-refractivity contribution in [1.29, 1.82) is 0 Å². The monoisotopic (exact) mass is 419 g/mol. The second kappa shape index (κ2) is 12.9. The summed E-state index contributed by atoms with van der Waals surface area (Å²) in [6, 6.07) is 12.7. The van der Waals surface area contributed by atoms with Gasteiger partial charge < -0.3 is 9.80 Å². The van der Waals surface area contributed by atoms with E-state index in [4.69, 9.17) is 0 Å². The number of anilines is 1. The highest BCUT2D eigenvalue weighted by Crippen LogP contribution is 2.19. The molecule has 1 aliphatic rings. The molecule has 4 heteroatoms. The Morgan fingerprint density at radius 2 is 1.39 bits per heavy atom. The summed E-state index contributed by atoms with van der Waals surface area (Å²) >= 11 is 0. The highest BCUT2D eigenvalue weighted by atomic mass is 16.2. The van der Waals surface area contributed by atoms with Gasteiger partial charge in [0, 0.05) is 50.7 Å². The number of carbonyl (C=O) groups is 1. The molecule has 0 atom stereocenters. The molecule has 1 aliphatic heterocycles. The third-order valence-electron chi connectivity index (χ3n) is 6.06. The van der Waals surface area contributed by atoms with E-state index in [1.165, 1.54) is 49.8 Å². The Hall–Kier alpha value is -2.62. The molecule has 1 saturated heterocycles. The number of hydrogen-bond acceptors (Lipinski definition) is 3.